The van der Waals surface area contributed by atoms with Crippen molar-refractivity contribution in [2.24, 2.45) is 0 Å². The summed E-state index contributed by atoms with van der Waals surface area (Å²) in [4.78, 5) is 15.2. The summed E-state index contributed by atoms with van der Waals surface area (Å²) >= 11 is 0. The normalized spacial score (nSPS) is 10.7. The van der Waals surface area contributed by atoms with E-state index in [0.717, 1.165) is 6.29 Å². The van der Waals surface area contributed by atoms with E-state index in [1.165, 1.54) is 16.6 Å². The van der Waals surface area contributed by atoms with Gasteiger partial charge >= 0.3 is 0 Å². The van der Waals surface area contributed by atoms with Gasteiger partial charge in [0.2, 0.25) is 0 Å². The SMILES string of the molecule is O=Cc1cccn2nc(-c3ccc(F)cc3)nc12. The lowest BCUT2D eigenvalue weighted by Gasteiger charge is -1.93. The van der Waals surface area contributed by atoms with Gasteiger partial charge in [0.05, 0.1) is 5.56 Å². The number of hydrogen-bond acceptors (Lipinski definition) is 3. The van der Waals surface area contributed by atoms with Gasteiger partial charge in [0, 0.05) is 11.8 Å². The lowest BCUT2D eigenvalue weighted by molar-refractivity contribution is 0.112. The van der Waals surface area contributed by atoms with Crippen molar-refractivity contribution < 1.29 is 9.18 Å². The highest BCUT2D eigenvalue weighted by Crippen LogP contribution is 2.17. The van der Waals surface area contributed by atoms with Crippen molar-refractivity contribution in [3.63, 3.8) is 0 Å². The molecule has 0 unspecified atom stereocenters. The smallest absolute Gasteiger partial charge is 0.182 e. The second-order valence-electron chi connectivity index (χ2n) is 3.79. The van der Waals surface area contributed by atoms with Crippen molar-refractivity contribution >= 4 is 11.9 Å². The summed E-state index contributed by atoms with van der Waals surface area (Å²) in [5.74, 6) is 0.153. The third-order valence-corrected chi connectivity index (χ3v) is 2.62. The molecule has 3 rings (SSSR count). The Morgan fingerprint density at radius 3 is 2.67 bits per heavy atom. The maximum Gasteiger partial charge on any atom is 0.182 e. The van der Waals surface area contributed by atoms with Gasteiger partial charge in [-0.15, -0.1) is 5.10 Å². The van der Waals surface area contributed by atoms with Crippen molar-refractivity contribution in [3.8, 4) is 11.4 Å². The van der Waals surface area contributed by atoms with Gasteiger partial charge in [-0.05, 0) is 36.4 Å². The summed E-state index contributed by atoms with van der Waals surface area (Å²) < 4.78 is 14.4. The van der Waals surface area contributed by atoms with Crippen LogP contribution < -0.4 is 0 Å². The third-order valence-electron chi connectivity index (χ3n) is 2.62. The molecule has 0 fully saturated rings. The Bertz CT molecular complexity index is 719. The minimum atomic E-state index is -0.309. The molecule has 0 atom stereocenters. The van der Waals surface area contributed by atoms with Crippen LogP contribution in [-0.2, 0) is 0 Å². The van der Waals surface area contributed by atoms with E-state index in [0.29, 0.717) is 22.6 Å². The number of aromatic nitrogens is 3. The summed E-state index contributed by atoms with van der Waals surface area (Å²) in [6.45, 7) is 0. The number of benzene rings is 1. The van der Waals surface area contributed by atoms with Crippen LogP contribution in [0.4, 0.5) is 4.39 Å². The van der Waals surface area contributed by atoms with Crippen molar-refractivity contribution in [1.29, 1.82) is 0 Å². The van der Waals surface area contributed by atoms with E-state index in [2.05, 4.69) is 10.1 Å². The van der Waals surface area contributed by atoms with Crippen LogP contribution in [0.15, 0.2) is 42.6 Å². The minimum Gasteiger partial charge on any atom is -0.298 e. The summed E-state index contributed by atoms with van der Waals surface area (Å²) in [5, 5.41) is 4.25. The van der Waals surface area contributed by atoms with E-state index < -0.39 is 0 Å². The first-order chi connectivity index (χ1) is 8.78. The molecule has 0 aliphatic rings. The molecule has 2 heterocycles. The molecule has 0 spiro atoms. The van der Waals surface area contributed by atoms with Gasteiger partial charge in [-0.1, -0.05) is 0 Å². The van der Waals surface area contributed by atoms with Crippen LogP contribution in [0.1, 0.15) is 10.4 Å². The second kappa shape index (κ2) is 4.03. The molecule has 1 aromatic carbocycles. The van der Waals surface area contributed by atoms with Gasteiger partial charge in [0.1, 0.15) is 5.82 Å². The molecule has 0 radical (unpaired) electrons. The Balaban J connectivity index is 2.19. The van der Waals surface area contributed by atoms with Crippen LogP contribution in [0, 0.1) is 5.82 Å². The fourth-order valence-electron chi connectivity index (χ4n) is 1.74. The van der Waals surface area contributed by atoms with Crippen molar-refractivity contribution in [1.82, 2.24) is 14.6 Å². The number of pyridine rings is 1. The largest absolute Gasteiger partial charge is 0.298 e. The second-order valence-corrected chi connectivity index (χ2v) is 3.79. The van der Waals surface area contributed by atoms with E-state index in [1.54, 1.807) is 30.5 Å². The van der Waals surface area contributed by atoms with Crippen LogP contribution in [0.25, 0.3) is 17.0 Å². The average molecular weight is 241 g/mol. The molecular weight excluding hydrogens is 233 g/mol. The number of rotatable bonds is 2. The standard InChI is InChI=1S/C13H8FN3O/c14-11-5-3-9(4-6-11)12-15-13-10(8-18)2-1-7-17(13)16-12/h1-8H. The number of halogens is 1. The van der Waals surface area contributed by atoms with Gasteiger partial charge in [-0.25, -0.2) is 13.9 Å². The van der Waals surface area contributed by atoms with Crippen LogP contribution in [0.3, 0.4) is 0 Å². The maximum atomic E-state index is 12.8. The highest BCUT2D eigenvalue weighted by atomic mass is 19.1. The Hall–Kier alpha value is -2.56. The fourth-order valence-corrected chi connectivity index (χ4v) is 1.74. The van der Waals surface area contributed by atoms with Crippen LogP contribution in [0.5, 0.6) is 0 Å². The zero-order valence-corrected chi connectivity index (χ0v) is 9.25. The Morgan fingerprint density at radius 2 is 1.94 bits per heavy atom. The van der Waals surface area contributed by atoms with Gasteiger partial charge < -0.3 is 0 Å². The molecule has 0 N–H and O–H groups in total. The predicted molar refractivity (Wildman–Crippen MR) is 63.8 cm³/mol. The van der Waals surface area contributed by atoms with E-state index in [9.17, 15) is 9.18 Å². The number of nitrogens with zero attached hydrogens (tertiary/aromatic N) is 3. The van der Waals surface area contributed by atoms with Gasteiger partial charge in [-0.3, -0.25) is 4.79 Å². The van der Waals surface area contributed by atoms with Crippen molar-refractivity contribution in [2.75, 3.05) is 0 Å². The molecule has 5 heteroatoms. The topological polar surface area (TPSA) is 47.3 Å². The number of carbonyl (C=O) groups excluding carboxylic acids is 1. The number of carbonyl (C=O) groups is 1. The van der Waals surface area contributed by atoms with E-state index in [4.69, 9.17) is 0 Å². The number of fused-ring (bicyclic) bond motifs is 1. The maximum absolute atomic E-state index is 12.8. The zero-order valence-electron chi connectivity index (χ0n) is 9.25. The first kappa shape index (κ1) is 10.6. The summed E-state index contributed by atoms with van der Waals surface area (Å²) in [6, 6.07) is 9.30. The minimum absolute atomic E-state index is 0.309. The monoisotopic (exact) mass is 241 g/mol. The molecule has 3 aromatic rings. The molecule has 0 amide bonds. The molecule has 0 saturated heterocycles. The van der Waals surface area contributed by atoms with Gasteiger partial charge in [0.15, 0.2) is 17.8 Å². The van der Waals surface area contributed by atoms with Crippen LogP contribution in [-0.4, -0.2) is 20.9 Å². The van der Waals surface area contributed by atoms with Crippen LogP contribution in [0.2, 0.25) is 0 Å². The Morgan fingerprint density at radius 1 is 1.17 bits per heavy atom. The van der Waals surface area contributed by atoms with E-state index in [-0.39, 0.29) is 5.82 Å². The molecule has 4 nitrogen and oxygen atoms in total. The predicted octanol–water partition coefficient (Wildman–Crippen LogP) is 2.35. The fraction of sp³-hybridized carbons (Fsp3) is 0. The summed E-state index contributed by atoms with van der Waals surface area (Å²) in [5.41, 5.74) is 1.67. The van der Waals surface area contributed by atoms with Gasteiger partial charge in [0.25, 0.3) is 0 Å². The molecule has 0 aliphatic heterocycles. The first-order valence-corrected chi connectivity index (χ1v) is 5.34. The molecule has 18 heavy (non-hydrogen) atoms. The number of aldehydes is 1. The zero-order chi connectivity index (χ0) is 12.5. The van der Waals surface area contributed by atoms with E-state index >= 15 is 0 Å². The van der Waals surface area contributed by atoms with Crippen molar-refractivity contribution in [2.45, 2.75) is 0 Å². The highest BCUT2D eigenvalue weighted by molar-refractivity contribution is 5.84. The molecule has 0 bridgehead atoms. The Labute approximate surface area is 102 Å². The van der Waals surface area contributed by atoms with Crippen LogP contribution >= 0.6 is 0 Å². The van der Waals surface area contributed by atoms with E-state index in [1.807, 2.05) is 0 Å². The highest BCUT2D eigenvalue weighted by Gasteiger charge is 2.09. The number of hydrogen-bond donors (Lipinski definition) is 0. The summed E-state index contributed by atoms with van der Waals surface area (Å²) in [7, 11) is 0. The third kappa shape index (κ3) is 1.66. The van der Waals surface area contributed by atoms with Crippen molar-refractivity contribution in [3.05, 3.63) is 54.0 Å². The average Bonchev–Trinajstić information content (AvgIpc) is 2.83. The van der Waals surface area contributed by atoms with Gasteiger partial charge in [-0.2, -0.15) is 0 Å². The molecule has 0 saturated carbocycles. The lowest BCUT2D eigenvalue weighted by Crippen LogP contribution is -1.90. The lowest BCUT2D eigenvalue weighted by atomic mass is 10.2. The molecule has 88 valence electrons. The molecular formula is C13H8FN3O. The molecule has 0 aliphatic carbocycles. The molecule has 2 aromatic heterocycles. The first-order valence-electron chi connectivity index (χ1n) is 5.34. The summed E-state index contributed by atoms with van der Waals surface area (Å²) in [6.07, 6.45) is 2.45. The Kier molecular flexibility index (Phi) is 2.37. The quantitative estimate of drug-likeness (QED) is 0.647.